The van der Waals surface area contributed by atoms with Crippen LogP contribution in [0.25, 0.3) is 11.0 Å². The molecule has 4 aliphatic carbocycles. The zero-order chi connectivity index (χ0) is 26.3. The normalized spacial score (nSPS) is 40.8. The SMILES string of the molecule is Cn1c(SCC(=O)[C@@]2(O)[C@H](O)CC3C4CCC5=CC(=O)C=CC5(C)C4[C@@H](O)CC32C)nc2ccccc21. The summed E-state index contributed by atoms with van der Waals surface area (Å²) in [7, 11) is 1.90. The number of hydrogen-bond acceptors (Lipinski definition) is 7. The van der Waals surface area contributed by atoms with Gasteiger partial charge in [-0.3, -0.25) is 9.59 Å². The van der Waals surface area contributed by atoms with Crippen molar-refractivity contribution in [2.45, 2.75) is 62.5 Å². The standard InChI is InChI=1S/C29H34N2O5S/c1-27-11-10-17(32)12-16(27)8-9-18-19-13-23(34)29(36,28(19,2)14-22(33)25(18)27)24(35)15-37-26-30-20-6-4-5-7-21(20)31(26)3/h4-7,10-12,18-19,22-23,25,33-34,36H,8-9,13-15H2,1-3H3/t18?,19?,22-,23+,25?,27?,28?,29-/m0/s1. The summed E-state index contributed by atoms with van der Waals surface area (Å²) in [6.07, 6.45) is 5.30. The van der Waals surface area contributed by atoms with E-state index in [0.29, 0.717) is 11.6 Å². The van der Waals surface area contributed by atoms with Crippen LogP contribution in [0, 0.1) is 28.6 Å². The van der Waals surface area contributed by atoms with Crippen LogP contribution in [-0.2, 0) is 16.6 Å². The fourth-order valence-corrected chi connectivity index (χ4v) is 9.27. The van der Waals surface area contributed by atoms with Crippen molar-refractivity contribution in [2.24, 2.45) is 35.6 Å². The van der Waals surface area contributed by atoms with E-state index < -0.39 is 34.4 Å². The van der Waals surface area contributed by atoms with Gasteiger partial charge in [-0.15, -0.1) is 0 Å². The van der Waals surface area contributed by atoms with Gasteiger partial charge in [-0.1, -0.05) is 49.4 Å². The zero-order valence-electron chi connectivity index (χ0n) is 21.4. The number of ketones is 2. The molecule has 1 aromatic heterocycles. The second kappa shape index (κ2) is 8.37. The summed E-state index contributed by atoms with van der Waals surface area (Å²) < 4.78 is 1.93. The quantitative estimate of drug-likeness (QED) is 0.529. The van der Waals surface area contributed by atoms with Gasteiger partial charge in [0.1, 0.15) is 0 Å². The molecule has 5 unspecified atom stereocenters. The predicted molar refractivity (Wildman–Crippen MR) is 141 cm³/mol. The molecule has 8 atom stereocenters. The summed E-state index contributed by atoms with van der Waals surface area (Å²) in [5.41, 5.74) is -0.496. The van der Waals surface area contributed by atoms with Crippen molar-refractivity contribution < 1.29 is 24.9 Å². The van der Waals surface area contributed by atoms with Crippen LogP contribution in [0.4, 0.5) is 0 Å². The van der Waals surface area contributed by atoms with E-state index in [0.717, 1.165) is 29.4 Å². The molecule has 196 valence electrons. The maximum absolute atomic E-state index is 13.7. The fraction of sp³-hybridized carbons (Fsp3) is 0.552. The van der Waals surface area contributed by atoms with Gasteiger partial charge in [0.15, 0.2) is 22.3 Å². The average molecular weight is 523 g/mol. The largest absolute Gasteiger partial charge is 0.393 e. The fourth-order valence-electron chi connectivity index (χ4n) is 8.33. The number of allylic oxidation sites excluding steroid dienone is 4. The highest BCUT2D eigenvalue weighted by Gasteiger charge is 2.71. The van der Waals surface area contributed by atoms with Crippen LogP contribution < -0.4 is 0 Å². The minimum atomic E-state index is -1.95. The Kier molecular flexibility index (Phi) is 5.66. The first-order chi connectivity index (χ1) is 17.5. The summed E-state index contributed by atoms with van der Waals surface area (Å²) >= 11 is 1.26. The third-order valence-electron chi connectivity index (χ3n) is 10.2. The summed E-state index contributed by atoms with van der Waals surface area (Å²) in [6.45, 7) is 3.96. The molecular weight excluding hydrogens is 488 g/mol. The molecule has 0 radical (unpaired) electrons. The van der Waals surface area contributed by atoms with Crippen LogP contribution in [0.1, 0.15) is 39.5 Å². The Hall–Kier alpha value is -2.26. The number of rotatable bonds is 4. The Morgan fingerprint density at radius 2 is 2.00 bits per heavy atom. The van der Waals surface area contributed by atoms with Crippen molar-refractivity contribution in [2.75, 3.05) is 5.75 Å². The monoisotopic (exact) mass is 522 g/mol. The Bertz CT molecular complexity index is 1370. The first kappa shape index (κ1) is 25.0. The molecule has 1 heterocycles. The number of nitrogens with zero attached hydrogens (tertiary/aromatic N) is 2. The number of aryl methyl sites for hydroxylation is 1. The molecule has 0 amide bonds. The Labute approximate surface area is 220 Å². The lowest BCUT2D eigenvalue weighted by molar-refractivity contribution is -0.186. The van der Waals surface area contributed by atoms with E-state index in [4.69, 9.17) is 0 Å². The maximum Gasteiger partial charge on any atom is 0.178 e. The molecule has 3 fully saturated rings. The number of imidazole rings is 1. The highest BCUT2D eigenvalue weighted by molar-refractivity contribution is 7.99. The van der Waals surface area contributed by atoms with E-state index in [9.17, 15) is 24.9 Å². The van der Waals surface area contributed by atoms with Gasteiger partial charge >= 0.3 is 0 Å². The summed E-state index contributed by atoms with van der Waals surface area (Å²) in [4.78, 5) is 30.4. The molecular formula is C29H34N2O5S. The first-order valence-electron chi connectivity index (χ1n) is 13.1. The molecule has 6 rings (SSSR count). The molecule has 3 saturated carbocycles. The van der Waals surface area contributed by atoms with Gasteiger partial charge in [0, 0.05) is 23.8 Å². The Morgan fingerprint density at radius 3 is 2.76 bits per heavy atom. The van der Waals surface area contributed by atoms with Crippen molar-refractivity contribution in [3.8, 4) is 0 Å². The van der Waals surface area contributed by atoms with Gasteiger partial charge < -0.3 is 19.9 Å². The summed E-state index contributed by atoms with van der Waals surface area (Å²) in [5.74, 6) is -0.678. The van der Waals surface area contributed by atoms with Crippen LogP contribution in [0.3, 0.4) is 0 Å². The van der Waals surface area contributed by atoms with E-state index in [1.54, 1.807) is 12.2 Å². The number of fused-ring (bicyclic) bond motifs is 6. The van der Waals surface area contributed by atoms with Crippen molar-refractivity contribution in [3.05, 3.63) is 48.1 Å². The number of aliphatic hydroxyl groups excluding tert-OH is 2. The lowest BCUT2D eigenvalue weighted by atomic mass is 9.46. The van der Waals surface area contributed by atoms with E-state index in [1.807, 2.05) is 48.9 Å². The molecule has 1 aromatic carbocycles. The van der Waals surface area contributed by atoms with Crippen LogP contribution in [0.5, 0.6) is 0 Å². The topological polar surface area (TPSA) is 113 Å². The highest BCUT2D eigenvalue weighted by Crippen LogP contribution is 2.67. The second-order valence-electron chi connectivity index (χ2n) is 11.9. The molecule has 3 N–H and O–H groups in total. The third kappa shape index (κ3) is 3.35. The van der Waals surface area contributed by atoms with Crippen molar-refractivity contribution in [1.82, 2.24) is 9.55 Å². The molecule has 4 aliphatic rings. The number of carbonyl (C=O) groups excluding carboxylic acids is 2. The number of aliphatic hydroxyl groups is 3. The van der Waals surface area contributed by atoms with E-state index in [-0.39, 0.29) is 35.7 Å². The van der Waals surface area contributed by atoms with Gasteiger partial charge in [-0.2, -0.15) is 0 Å². The number of aromatic nitrogens is 2. The molecule has 0 saturated heterocycles. The van der Waals surface area contributed by atoms with Crippen molar-refractivity contribution in [3.63, 3.8) is 0 Å². The molecule has 0 bridgehead atoms. The summed E-state index contributed by atoms with van der Waals surface area (Å²) in [6, 6.07) is 7.75. The number of carbonyl (C=O) groups is 2. The lowest BCUT2D eigenvalue weighted by Gasteiger charge is -2.59. The Morgan fingerprint density at radius 1 is 1.24 bits per heavy atom. The van der Waals surface area contributed by atoms with E-state index >= 15 is 0 Å². The molecule has 0 spiro atoms. The van der Waals surface area contributed by atoms with Gasteiger partial charge in [0.2, 0.25) is 0 Å². The minimum Gasteiger partial charge on any atom is -0.393 e. The van der Waals surface area contributed by atoms with Gasteiger partial charge in [-0.25, -0.2) is 4.98 Å². The predicted octanol–water partition coefficient (Wildman–Crippen LogP) is 3.22. The van der Waals surface area contributed by atoms with E-state index in [2.05, 4.69) is 11.9 Å². The van der Waals surface area contributed by atoms with Gasteiger partial charge in [0.25, 0.3) is 0 Å². The molecule has 37 heavy (non-hydrogen) atoms. The summed E-state index contributed by atoms with van der Waals surface area (Å²) in [5, 5.41) is 35.4. The van der Waals surface area contributed by atoms with Gasteiger partial charge in [-0.05, 0) is 61.8 Å². The highest BCUT2D eigenvalue weighted by atomic mass is 32.2. The van der Waals surface area contributed by atoms with Crippen molar-refractivity contribution in [1.29, 1.82) is 0 Å². The second-order valence-corrected chi connectivity index (χ2v) is 12.8. The van der Waals surface area contributed by atoms with Crippen LogP contribution >= 0.6 is 11.8 Å². The number of Topliss-reactive ketones (excluding diaryl/α,β-unsaturated/α-hetero) is 1. The van der Waals surface area contributed by atoms with Gasteiger partial charge in [0.05, 0.1) is 29.0 Å². The molecule has 8 heteroatoms. The zero-order valence-corrected chi connectivity index (χ0v) is 22.2. The molecule has 7 nitrogen and oxygen atoms in total. The van der Waals surface area contributed by atoms with Crippen LogP contribution in [0.2, 0.25) is 0 Å². The van der Waals surface area contributed by atoms with Crippen LogP contribution in [-0.4, -0.2) is 60.0 Å². The molecule has 0 aliphatic heterocycles. The maximum atomic E-state index is 13.7. The lowest BCUT2D eigenvalue weighted by Crippen LogP contribution is -2.63. The number of thioether (sulfide) groups is 1. The van der Waals surface area contributed by atoms with Crippen LogP contribution in [0.15, 0.2) is 53.2 Å². The van der Waals surface area contributed by atoms with E-state index in [1.165, 1.54) is 11.8 Å². The first-order valence-corrected chi connectivity index (χ1v) is 14.1. The number of para-hydroxylation sites is 2. The average Bonchev–Trinajstić information content (AvgIpc) is 3.29. The third-order valence-corrected chi connectivity index (χ3v) is 11.2. The smallest absolute Gasteiger partial charge is 0.178 e. The molecule has 2 aromatic rings. The Balaban J connectivity index is 1.28. The number of benzene rings is 1. The number of hydrogen-bond donors (Lipinski definition) is 3. The van der Waals surface area contributed by atoms with Crippen molar-refractivity contribution >= 4 is 34.4 Å². The minimum absolute atomic E-state index is 0.0181.